The van der Waals surface area contributed by atoms with E-state index in [1.807, 2.05) is 35.9 Å². The summed E-state index contributed by atoms with van der Waals surface area (Å²) in [6, 6.07) is 7.21. The topological polar surface area (TPSA) is 84.2 Å². The van der Waals surface area contributed by atoms with Crippen LogP contribution in [0.25, 0.3) is 5.69 Å². The zero-order chi connectivity index (χ0) is 17.6. The van der Waals surface area contributed by atoms with E-state index < -0.39 is 12.0 Å². The molecular formula is C19H21N3O3. The lowest BCUT2D eigenvalue weighted by Crippen LogP contribution is -2.42. The van der Waals surface area contributed by atoms with Crippen molar-refractivity contribution < 1.29 is 14.7 Å². The summed E-state index contributed by atoms with van der Waals surface area (Å²) in [6.07, 6.45) is 4.39. The summed E-state index contributed by atoms with van der Waals surface area (Å²) < 4.78 is 1.84. The fourth-order valence-corrected chi connectivity index (χ4v) is 3.54. The first-order valence-corrected chi connectivity index (χ1v) is 8.76. The van der Waals surface area contributed by atoms with Crippen LogP contribution in [0.5, 0.6) is 0 Å². The molecule has 4 rings (SSSR count). The molecule has 2 aromatic rings. The monoisotopic (exact) mass is 339 g/mol. The van der Waals surface area contributed by atoms with Crippen molar-refractivity contribution in [3.05, 3.63) is 46.8 Å². The predicted octanol–water partition coefficient (Wildman–Crippen LogP) is 2.26. The van der Waals surface area contributed by atoms with Crippen molar-refractivity contribution >= 4 is 11.9 Å². The number of hydrogen-bond acceptors (Lipinski definition) is 3. The number of nitrogens with zero attached hydrogens (tertiary/aromatic N) is 2. The van der Waals surface area contributed by atoms with Crippen LogP contribution in [0, 0.1) is 12.8 Å². The van der Waals surface area contributed by atoms with E-state index >= 15 is 0 Å². The lowest BCUT2D eigenvalue weighted by Gasteiger charge is -2.12. The maximum Gasteiger partial charge on any atom is 0.326 e. The number of aryl methyl sites for hydroxylation is 1. The molecule has 1 fully saturated rings. The number of aromatic nitrogens is 2. The highest BCUT2D eigenvalue weighted by Crippen LogP contribution is 2.33. The van der Waals surface area contributed by atoms with Gasteiger partial charge in [0.25, 0.3) is 5.91 Å². The number of carbonyl (C=O) groups is 2. The third kappa shape index (κ3) is 2.92. The summed E-state index contributed by atoms with van der Waals surface area (Å²) in [5, 5.41) is 16.6. The van der Waals surface area contributed by atoms with Crippen LogP contribution < -0.4 is 5.32 Å². The molecule has 1 amide bonds. The fourth-order valence-electron chi connectivity index (χ4n) is 3.54. The molecule has 1 aromatic carbocycles. The zero-order valence-electron chi connectivity index (χ0n) is 14.2. The van der Waals surface area contributed by atoms with E-state index in [9.17, 15) is 14.7 Å². The molecule has 1 heterocycles. The molecule has 0 radical (unpaired) electrons. The van der Waals surface area contributed by atoms with Gasteiger partial charge in [0.05, 0.1) is 5.69 Å². The Balaban J connectivity index is 1.66. The van der Waals surface area contributed by atoms with Gasteiger partial charge in [0.2, 0.25) is 0 Å². The highest BCUT2D eigenvalue weighted by atomic mass is 16.4. The maximum atomic E-state index is 12.7. The fraction of sp³-hybridized carbons (Fsp3) is 0.421. The first-order valence-electron chi connectivity index (χ1n) is 8.76. The Labute approximate surface area is 145 Å². The van der Waals surface area contributed by atoms with Crippen LogP contribution in [0.4, 0.5) is 0 Å². The lowest BCUT2D eigenvalue weighted by molar-refractivity contribution is -0.139. The van der Waals surface area contributed by atoms with Crippen molar-refractivity contribution in [3.63, 3.8) is 0 Å². The third-order valence-corrected chi connectivity index (χ3v) is 5.07. The highest BCUT2D eigenvalue weighted by molar-refractivity contribution is 5.96. The van der Waals surface area contributed by atoms with Crippen molar-refractivity contribution in [1.82, 2.24) is 15.1 Å². The van der Waals surface area contributed by atoms with Crippen LogP contribution in [0.3, 0.4) is 0 Å². The SMILES string of the molecule is Cc1ccc(-n2nc(C(=O)NC(C(=O)O)C3CC3)c3c2CCC3)cc1. The Morgan fingerprint density at radius 3 is 2.60 bits per heavy atom. The van der Waals surface area contributed by atoms with Crippen LogP contribution >= 0.6 is 0 Å². The van der Waals surface area contributed by atoms with Crippen molar-refractivity contribution in [2.75, 3.05) is 0 Å². The van der Waals surface area contributed by atoms with Gasteiger partial charge in [-0.15, -0.1) is 0 Å². The molecule has 1 saturated carbocycles. The number of carboxylic acids is 1. The summed E-state index contributed by atoms with van der Waals surface area (Å²) in [7, 11) is 0. The minimum absolute atomic E-state index is 0.0497. The molecule has 1 unspecified atom stereocenters. The molecule has 25 heavy (non-hydrogen) atoms. The Kier molecular flexibility index (Phi) is 3.82. The number of fused-ring (bicyclic) bond motifs is 1. The van der Waals surface area contributed by atoms with E-state index in [4.69, 9.17) is 0 Å². The molecule has 1 aromatic heterocycles. The van der Waals surface area contributed by atoms with E-state index in [0.29, 0.717) is 5.69 Å². The minimum Gasteiger partial charge on any atom is -0.480 e. The van der Waals surface area contributed by atoms with Crippen LogP contribution in [-0.4, -0.2) is 32.8 Å². The van der Waals surface area contributed by atoms with Crippen molar-refractivity contribution in [3.8, 4) is 5.69 Å². The summed E-state index contributed by atoms with van der Waals surface area (Å²) in [6.45, 7) is 2.03. The van der Waals surface area contributed by atoms with Gasteiger partial charge in [-0.05, 0) is 57.1 Å². The van der Waals surface area contributed by atoms with E-state index in [1.54, 1.807) is 0 Å². The van der Waals surface area contributed by atoms with Gasteiger partial charge < -0.3 is 10.4 Å². The summed E-state index contributed by atoms with van der Waals surface area (Å²) in [5.74, 6) is -1.29. The second-order valence-corrected chi connectivity index (χ2v) is 7.00. The Morgan fingerprint density at radius 2 is 1.96 bits per heavy atom. The van der Waals surface area contributed by atoms with E-state index in [0.717, 1.165) is 49.0 Å². The highest BCUT2D eigenvalue weighted by Gasteiger charge is 2.38. The quantitative estimate of drug-likeness (QED) is 0.875. The van der Waals surface area contributed by atoms with Gasteiger partial charge in [0, 0.05) is 11.3 Å². The molecule has 0 bridgehead atoms. The number of benzene rings is 1. The molecule has 2 aliphatic carbocycles. The summed E-state index contributed by atoms with van der Waals surface area (Å²) in [5.41, 5.74) is 4.49. The van der Waals surface area contributed by atoms with Crippen LogP contribution in [0.1, 0.15) is 46.6 Å². The summed E-state index contributed by atoms with van der Waals surface area (Å²) >= 11 is 0. The number of carboxylic acid groups (broad SMARTS) is 1. The van der Waals surface area contributed by atoms with E-state index in [1.165, 1.54) is 5.56 Å². The second kappa shape index (κ2) is 6.02. The first kappa shape index (κ1) is 15.9. The molecular weight excluding hydrogens is 318 g/mol. The number of hydrogen-bond donors (Lipinski definition) is 2. The summed E-state index contributed by atoms with van der Waals surface area (Å²) in [4.78, 5) is 24.1. The normalized spacial score (nSPS) is 17.2. The average molecular weight is 339 g/mol. The predicted molar refractivity (Wildman–Crippen MR) is 91.9 cm³/mol. The smallest absolute Gasteiger partial charge is 0.326 e. The molecule has 0 saturated heterocycles. The molecule has 2 N–H and O–H groups in total. The van der Waals surface area contributed by atoms with Gasteiger partial charge >= 0.3 is 5.97 Å². The molecule has 6 heteroatoms. The minimum atomic E-state index is -0.967. The van der Waals surface area contributed by atoms with Gasteiger partial charge in [-0.25, -0.2) is 9.48 Å². The van der Waals surface area contributed by atoms with Crippen LogP contribution in [-0.2, 0) is 17.6 Å². The van der Waals surface area contributed by atoms with Crippen LogP contribution in [0.2, 0.25) is 0 Å². The number of carbonyl (C=O) groups excluding carboxylic acids is 1. The van der Waals surface area contributed by atoms with Crippen molar-refractivity contribution in [2.45, 2.75) is 45.1 Å². The lowest BCUT2D eigenvalue weighted by atomic mass is 10.1. The Hall–Kier alpha value is -2.63. The number of amides is 1. The zero-order valence-corrected chi connectivity index (χ0v) is 14.2. The molecule has 130 valence electrons. The largest absolute Gasteiger partial charge is 0.480 e. The number of aliphatic carboxylic acids is 1. The maximum absolute atomic E-state index is 12.7. The molecule has 2 aliphatic rings. The molecule has 6 nitrogen and oxygen atoms in total. The van der Waals surface area contributed by atoms with Crippen molar-refractivity contribution in [1.29, 1.82) is 0 Å². The van der Waals surface area contributed by atoms with E-state index in [-0.39, 0.29) is 11.8 Å². The second-order valence-electron chi connectivity index (χ2n) is 7.00. The average Bonchev–Trinajstić information content (AvgIpc) is 3.19. The van der Waals surface area contributed by atoms with E-state index in [2.05, 4.69) is 10.4 Å². The van der Waals surface area contributed by atoms with Gasteiger partial charge in [-0.2, -0.15) is 5.10 Å². The Morgan fingerprint density at radius 1 is 1.24 bits per heavy atom. The molecule has 1 atom stereocenters. The molecule has 0 aliphatic heterocycles. The van der Waals surface area contributed by atoms with Gasteiger partial charge in [-0.1, -0.05) is 17.7 Å². The number of rotatable bonds is 5. The van der Waals surface area contributed by atoms with Crippen molar-refractivity contribution in [2.24, 2.45) is 5.92 Å². The van der Waals surface area contributed by atoms with Gasteiger partial charge in [0.15, 0.2) is 5.69 Å². The number of nitrogens with one attached hydrogen (secondary N) is 1. The molecule has 0 spiro atoms. The third-order valence-electron chi connectivity index (χ3n) is 5.07. The van der Waals surface area contributed by atoms with Crippen LogP contribution in [0.15, 0.2) is 24.3 Å². The Bertz CT molecular complexity index is 834. The first-order chi connectivity index (χ1) is 12.0. The van der Waals surface area contributed by atoms with Gasteiger partial charge in [0.1, 0.15) is 6.04 Å². The van der Waals surface area contributed by atoms with Gasteiger partial charge in [-0.3, -0.25) is 4.79 Å². The standard InChI is InChI=1S/C19H21N3O3/c1-11-5-9-13(10-6-11)22-15-4-2-3-14(15)17(21-22)18(23)20-16(19(24)25)12-7-8-12/h5-6,9-10,12,16H,2-4,7-8H2,1H3,(H,20,23)(H,24,25).